The van der Waals surface area contributed by atoms with Gasteiger partial charge in [0.25, 0.3) is 0 Å². The predicted molar refractivity (Wildman–Crippen MR) is 79.2 cm³/mol. The number of Topliss-reactive ketones (excluding diaryl/α,β-unsaturated/α-hetero) is 1. The van der Waals surface area contributed by atoms with Crippen LogP contribution in [0.25, 0.3) is 0 Å². The summed E-state index contributed by atoms with van der Waals surface area (Å²) < 4.78 is 11.4. The van der Waals surface area contributed by atoms with Crippen LogP contribution in [0.15, 0.2) is 24.3 Å². The molecule has 1 spiro atoms. The Morgan fingerprint density at radius 3 is 2.61 bits per heavy atom. The number of benzene rings is 1. The third-order valence-electron chi connectivity index (χ3n) is 5.39. The van der Waals surface area contributed by atoms with Crippen molar-refractivity contribution in [1.29, 1.82) is 10.5 Å². The maximum Gasteiger partial charge on any atom is 0.169 e. The van der Waals surface area contributed by atoms with Crippen molar-refractivity contribution in [3.05, 3.63) is 34.9 Å². The number of hydrogen-bond acceptors (Lipinski definition) is 5. The molecule has 5 nitrogen and oxygen atoms in total. The number of carbonyl (C=O) groups is 1. The number of fused-ring (bicyclic) bond motifs is 3. The lowest BCUT2D eigenvalue weighted by molar-refractivity contribution is -0.140. The van der Waals surface area contributed by atoms with Crippen LogP contribution in [0.5, 0.6) is 0 Å². The minimum Gasteiger partial charge on any atom is -0.349 e. The molecule has 2 heterocycles. The summed E-state index contributed by atoms with van der Waals surface area (Å²) in [5.74, 6) is -0.947. The summed E-state index contributed by atoms with van der Waals surface area (Å²) in [6.45, 7) is 0.460. The summed E-state index contributed by atoms with van der Waals surface area (Å²) in [5.41, 5.74) is -1.80. The van der Waals surface area contributed by atoms with E-state index in [0.717, 1.165) is 0 Å². The number of hydrogen-bond donors (Lipinski definition) is 0. The van der Waals surface area contributed by atoms with E-state index in [0.29, 0.717) is 30.0 Å². The molecule has 0 unspecified atom stereocenters. The Morgan fingerprint density at radius 1 is 1.26 bits per heavy atom. The van der Waals surface area contributed by atoms with E-state index in [9.17, 15) is 15.3 Å². The molecule has 0 N–H and O–H groups in total. The van der Waals surface area contributed by atoms with Gasteiger partial charge in [0.2, 0.25) is 0 Å². The van der Waals surface area contributed by atoms with Crippen LogP contribution < -0.4 is 0 Å². The van der Waals surface area contributed by atoms with E-state index in [1.807, 2.05) is 0 Å². The number of halogens is 1. The van der Waals surface area contributed by atoms with E-state index in [1.54, 1.807) is 24.3 Å². The quantitative estimate of drug-likeness (QED) is 0.779. The van der Waals surface area contributed by atoms with Gasteiger partial charge in [-0.2, -0.15) is 10.5 Å². The summed E-state index contributed by atoms with van der Waals surface area (Å²) in [7, 11) is 0. The van der Waals surface area contributed by atoms with Gasteiger partial charge in [0.15, 0.2) is 17.5 Å². The van der Waals surface area contributed by atoms with Gasteiger partial charge < -0.3 is 9.47 Å². The fourth-order valence-electron chi connectivity index (χ4n) is 4.18. The first kappa shape index (κ1) is 14.7. The molecule has 2 saturated heterocycles. The van der Waals surface area contributed by atoms with Crippen LogP contribution in [0.4, 0.5) is 0 Å². The van der Waals surface area contributed by atoms with Crippen LogP contribution in [-0.2, 0) is 9.47 Å². The summed E-state index contributed by atoms with van der Waals surface area (Å²) in [4.78, 5) is 12.9. The predicted octanol–water partition coefficient (Wildman–Crippen LogP) is 2.71. The lowest BCUT2D eigenvalue weighted by Crippen LogP contribution is -2.35. The Labute approximate surface area is 138 Å². The van der Waals surface area contributed by atoms with Gasteiger partial charge in [-0.1, -0.05) is 11.6 Å². The first-order chi connectivity index (χ1) is 11.1. The van der Waals surface area contributed by atoms with E-state index in [2.05, 4.69) is 12.1 Å². The van der Waals surface area contributed by atoms with E-state index in [-0.39, 0.29) is 11.9 Å². The highest BCUT2D eigenvalue weighted by atomic mass is 35.5. The minimum absolute atomic E-state index is 0.00703. The molecule has 0 radical (unpaired) electrons. The van der Waals surface area contributed by atoms with Crippen molar-refractivity contribution in [1.82, 2.24) is 0 Å². The van der Waals surface area contributed by atoms with Gasteiger partial charge in [-0.15, -0.1) is 0 Å². The molecule has 4 atom stereocenters. The second-order valence-corrected chi connectivity index (χ2v) is 6.77. The normalized spacial score (nSPS) is 36.2. The number of nitriles is 2. The summed E-state index contributed by atoms with van der Waals surface area (Å²) in [6.07, 6.45) is 0.647. The molecule has 0 aromatic heterocycles. The van der Waals surface area contributed by atoms with Crippen molar-refractivity contribution in [3.63, 3.8) is 0 Å². The van der Waals surface area contributed by atoms with E-state index in [4.69, 9.17) is 21.1 Å². The molecule has 2 bridgehead atoms. The van der Waals surface area contributed by atoms with Gasteiger partial charge in [0, 0.05) is 10.6 Å². The second-order valence-electron chi connectivity index (χ2n) is 6.34. The molecule has 1 saturated carbocycles. The van der Waals surface area contributed by atoms with Gasteiger partial charge in [-0.05, 0) is 37.1 Å². The minimum atomic E-state index is -1.39. The summed E-state index contributed by atoms with van der Waals surface area (Å²) in [5, 5.41) is 19.8. The first-order valence-corrected chi connectivity index (χ1v) is 7.86. The maximum absolute atomic E-state index is 12.9. The average molecular weight is 329 g/mol. The molecule has 3 aliphatic rings. The molecule has 1 aromatic rings. The van der Waals surface area contributed by atoms with Crippen LogP contribution in [0.2, 0.25) is 5.02 Å². The second kappa shape index (κ2) is 4.79. The van der Waals surface area contributed by atoms with Crippen molar-refractivity contribution >= 4 is 17.4 Å². The van der Waals surface area contributed by atoms with Crippen molar-refractivity contribution in [2.75, 3.05) is 6.61 Å². The number of nitrogens with zero attached hydrogens (tertiary/aromatic N) is 2. The SMILES string of the molecule is N#CC1(C#N)[C@H](C(=O)c2ccc(Cl)cc2)[C@@]12CC[C@@H]1CO[C@H]2O1. The molecule has 1 aliphatic carbocycles. The highest BCUT2D eigenvalue weighted by Gasteiger charge is 2.86. The van der Waals surface area contributed by atoms with Crippen molar-refractivity contribution in [2.24, 2.45) is 16.7 Å². The van der Waals surface area contributed by atoms with Gasteiger partial charge in [-0.25, -0.2) is 0 Å². The van der Waals surface area contributed by atoms with Gasteiger partial charge >= 0.3 is 0 Å². The van der Waals surface area contributed by atoms with Crippen LogP contribution >= 0.6 is 11.6 Å². The van der Waals surface area contributed by atoms with Gasteiger partial charge in [0.05, 0.1) is 36.2 Å². The molecule has 2 aliphatic heterocycles. The largest absolute Gasteiger partial charge is 0.349 e. The molecule has 3 fully saturated rings. The fourth-order valence-corrected chi connectivity index (χ4v) is 4.31. The Bertz CT molecular complexity index is 750. The molecule has 0 amide bonds. The molecule has 23 heavy (non-hydrogen) atoms. The smallest absolute Gasteiger partial charge is 0.169 e. The van der Waals surface area contributed by atoms with E-state index < -0.39 is 23.0 Å². The summed E-state index contributed by atoms with van der Waals surface area (Å²) in [6, 6.07) is 10.7. The van der Waals surface area contributed by atoms with Gasteiger partial charge in [0.1, 0.15) is 0 Å². The third-order valence-corrected chi connectivity index (χ3v) is 5.64. The Balaban J connectivity index is 1.75. The Morgan fingerprint density at radius 2 is 1.96 bits per heavy atom. The lowest BCUT2D eigenvalue weighted by Gasteiger charge is -2.29. The van der Waals surface area contributed by atoms with E-state index >= 15 is 0 Å². The molecular weight excluding hydrogens is 316 g/mol. The van der Waals surface area contributed by atoms with Crippen LogP contribution in [0.1, 0.15) is 23.2 Å². The molecular formula is C17H13ClN2O3. The number of carbonyl (C=O) groups excluding carboxylic acids is 1. The molecule has 1 aromatic carbocycles. The fraction of sp³-hybridized carbons (Fsp3) is 0.471. The average Bonchev–Trinajstić information content (AvgIpc) is 2.94. The van der Waals surface area contributed by atoms with Crippen LogP contribution in [0.3, 0.4) is 0 Å². The highest BCUT2D eigenvalue weighted by molar-refractivity contribution is 6.30. The van der Waals surface area contributed by atoms with Gasteiger partial charge in [-0.3, -0.25) is 4.79 Å². The summed E-state index contributed by atoms with van der Waals surface area (Å²) >= 11 is 5.86. The number of ether oxygens (including phenoxy) is 2. The van der Waals surface area contributed by atoms with Crippen molar-refractivity contribution in [3.8, 4) is 12.1 Å². The molecule has 6 heteroatoms. The van der Waals surface area contributed by atoms with Crippen LogP contribution in [0, 0.1) is 39.4 Å². The standard InChI is InChI=1S/C17H13ClN2O3/c18-11-3-1-10(2-4-11)13(21)14-16(8-19,9-20)17(14)6-5-12-7-22-15(17)23-12/h1-4,12,14-15H,5-7H2/t12-,14+,15+,17-/m1/s1. The zero-order valence-electron chi connectivity index (χ0n) is 12.2. The monoisotopic (exact) mass is 328 g/mol. The molecule has 4 rings (SSSR count). The van der Waals surface area contributed by atoms with Crippen molar-refractivity contribution in [2.45, 2.75) is 25.2 Å². The Kier molecular flexibility index (Phi) is 3.05. The van der Waals surface area contributed by atoms with Crippen molar-refractivity contribution < 1.29 is 14.3 Å². The Hall–Kier alpha value is -1.92. The number of ketones is 1. The first-order valence-electron chi connectivity index (χ1n) is 7.48. The third kappa shape index (κ3) is 1.70. The highest BCUT2D eigenvalue weighted by Crippen LogP contribution is 2.76. The number of rotatable bonds is 2. The lowest BCUT2D eigenvalue weighted by atomic mass is 9.86. The van der Waals surface area contributed by atoms with Crippen LogP contribution in [-0.4, -0.2) is 24.8 Å². The zero-order valence-corrected chi connectivity index (χ0v) is 12.9. The van der Waals surface area contributed by atoms with E-state index in [1.165, 1.54) is 0 Å². The topological polar surface area (TPSA) is 83.1 Å². The molecule has 116 valence electrons. The zero-order chi connectivity index (χ0) is 16.2. The maximum atomic E-state index is 12.9.